The van der Waals surface area contributed by atoms with E-state index in [-0.39, 0.29) is 0 Å². The minimum atomic E-state index is 0.886. The highest BCUT2D eigenvalue weighted by Gasteiger charge is 2.20. The fraction of sp³-hybridized carbons (Fsp3) is 0.615. The van der Waals surface area contributed by atoms with Crippen molar-refractivity contribution in [2.45, 2.75) is 90.9 Å². The molecule has 1 heterocycles. The van der Waals surface area contributed by atoms with Crippen LogP contribution in [0, 0.1) is 11.8 Å². The van der Waals surface area contributed by atoms with Gasteiger partial charge in [-0.25, -0.2) is 9.97 Å². The Morgan fingerprint density at radius 3 is 1.93 bits per heavy atom. The third kappa shape index (κ3) is 6.43. The Balaban J connectivity index is 1.44. The lowest BCUT2D eigenvalue weighted by molar-refractivity contribution is 0.249. The second-order valence-corrected chi connectivity index (χ2v) is 8.76. The van der Waals surface area contributed by atoms with Crippen molar-refractivity contribution in [3.63, 3.8) is 0 Å². The van der Waals surface area contributed by atoms with Crippen molar-refractivity contribution in [3.05, 3.63) is 48.0 Å². The van der Waals surface area contributed by atoms with E-state index in [9.17, 15) is 0 Å². The van der Waals surface area contributed by atoms with Gasteiger partial charge in [0, 0.05) is 24.4 Å². The number of aromatic nitrogens is 2. The van der Waals surface area contributed by atoms with Crippen molar-refractivity contribution in [1.29, 1.82) is 0 Å². The van der Waals surface area contributed by atoms with E-state index >= 15 is 0 Å². The molecule has 1 aromatic heterocycles. The van der Waals surface area contributed by atoms with Crippen LogP contribution in [0.2, 0.25) is 0 Å². The molecule has 2 nitrogen and oxygen atoms in total. The highest BCUT2D eigenvalue weighted by molar-refractivity contribution is 5.61. The molecule has 152 valence electrons. The molecule has 0 N–H and O–H groups in total. The monoisotopic (exact) mass is 378 g/mol. The first-order chi connectivity index (χ1) is 13.8. The van der Waals surface area contributed by atoms with Crippen LogP contribution in [0.4, 0.5) is 0 Å². The van der Waals surface area contributed by atoms with Crippen LogP contribution >= 0.6 is 0 Å². The average Bonchev–Trinajstić information content (AvgIpc) is 2.76. The van der Waals surface area contributed by atoms with Gasteiger partial charge in [0.05, 0.1) is 0 Å². The number of hydrogen-bond acceptors (Lipinski definition) is 2. The van der Waals surface area contributed by atoms with Crippen LogP contribution in [0.15, 0.2) is 36.7 Å². The number of aryl methyl sites for hydroxylation is 2. The first-order valence-corrected chi connectivity index (χ1v) is 11.7. The predicted octanol–water partition coefficient (Wildman–Crippen LogP) is 7.42. The van der Waals surface area contributed by atoms with Crippen LogP contribution in [-0.4, -0.2) is 9.97 Å². The van der Waals surface area contributed by atoms with Gasteiger partial charge in [0.25, 0.3) is 0 Å². The quantitative estimate of drug-likeness (QED) is 0.430. The molecule has 0 radical (unpaired) electrons. The summed E-state index contributed by atoms with van der Waals surface area (Å²) < 4.78 is 0. The zero-order valence-corrected chi connectivity index (χ0v) is 18.0. The standard InChI is InChI=1S/C26H38N2/c1-3-5-7-21-9-11-23(12-10-21)15-18-26-27-19-25(20-28-26)24-16-13-22(14-17-24)8-6-4-2/h13-14,16-17,19-21,23H,3-12,15,18H2,1-2H3. The fourth-order valence-corrected chi connectivity index (χ4v) is 4.51. The first kappa shape index (κ1) is 21.0. The summed E-state index contributed by atoms with van der Waals surface area (Å²) in [6.45, 7) is 4.55. The molecule has 28 heavy (non-hydrogen) atoms. The number of benzene rings is 1. The third-order valence-corrected chi connectivity index (χ3v) is 6.52. The lowest BCUT2D eigenvalue weighted by Gasteiger charge is -2.28. The molecule has 0 bridgehead atoms. The second kappa shape index (κ2) is 11.3. The van der Waals surface area contributed by atoms with E-state index in [0.717, 1.165) is 29.6 Å². The van der Waals surface area contributed by atoms with Gasteiger partial charge in [-0.3, -0.25) is 0 Å². The zero-order chi connectivity index (χ0) is 19.6. The van der Waals surface area contributed by atoms with Crippen molar-refractivity contribution in [1.82, 2.24) is 9.97 Å². The topological polar surface area (TPSA) is 25.8 Å². The normalized spacial score (nSPS) is 19.6. The van der Waals surface area contributed by atoms with Crippen LogP contribution < -0.4 is 0 Å². The largest absolute Gasteiger partial charge is 0.241 e. The fourth-order valence-electron chi connectivity index (χ4n) is 4.51. The zero-order valence-electron chi connectivity index (χ0n) is 18.0. The molecule has 1 fully saturated rings. The molecule has 0 saturated heterocycles. The van der Waals surface area contributed by atoms with Crippen LogP contribution in [0.5, 0.6) is 0 Å². The molecule has 0 atom stereocenters. The Bertz CT molecular complexity index is 667. The summed E-state index contributed by atoms with van der Waals surface area (Å²) in [5, 5.41) is 0. The Kier molecular flexibility index (Phi) is 8.51. The highest BCUT2D eigenvalue weighted by atomic mass is 14.9. The van der Waals surface area contributed by atoms with Crippen molar-refractivity contribution in [2.24, 2.45) is 11.8 Å². The maximum atomic E-state index is 4.66. The lowest BCUT2D eigenvalue weighted by atomic mass is 9.78. The van der Waals surface area contributed by atoms with Crippen molar-refractivity contribution < 1.29 is 0 Å². The van der Waals surface area contributed by atoms with Crippen molar-refractivity contribution in [3.8, 4) is 11.1 Å². The minimum absolute atomic E-state index is 0.886. The van der Waals surface area contributed by atoms with E-state index in [0.29, 0.717) is 0 Å². The van der Waals surface area contributed by atoms with Gasteiger partial charge in [-0.1, -0.05) is 89.5 Å². The molecule has 1 saturated carbocycles. The molecule has 3 rings (SSSR count). The molecular weight excluding hydrogens is 340 g/mol. The Morgan fingerprint density at radius 2 is 1.32 bits per heavy atom. The number of hydrogen-bond donors (Lipinski definition) is 0. The lowest BCUT2D eigenvalue weighted by Crippen LogP contribution is -2.15. The molecule has 0 amide bonds. The molecule has 1 aliphatic carbocycles. The van der Waals surface area contributed by atoms with Gasteiger partial charge in [0.2, 0.25) is 0 Å². The molecular formula is C26H38N2. The molecule has 1 aromatic carbocycles. The van der Waals surface area contributed by atoms with E-state index in [4.69, 9.17) is 0 Å². The third-order valence-electron chi connectivity index (χ3n) is 6.52. The summed E-state index contributed by atoms with van der Waals surface area (Å²) in [6.07, 6.45) is 19.9. The van der Waals surface area contributed by atoms with Gasteiger partial charge in [-0.2, -0.15) is 0 Å². The van der Waals surface area contributed by atoms with Gasteiger partial charge in [-0.05, 0) is 42.2 Å². The van der Waals surface area contributed by atoms with Gasteiger partial charge in [-0.15, -0.1) is 0 Å². The summed E-state index contributed by atoms with van der Waals surface area (Å²) >= 11 is 0. The van der Waals surface area contributed by atoms with Crippen LogP contribution in [0.1, 0.15) is 89.4 Å². The van der Waals surface area contributed by atoms with E-state index in [1.54, 1.807) is 0 Å². The van der Waals surface area contributed by atoms with Gasteiger partial charge < -0.3 is 0 Å². The number of unbranched alkanes of at least 4 members (excludes halogenated alkanes) is 2. The van der Waals surface area contributed by atoms with E-state index in [1.807, 2.05) is 12.4 Å². The molecule has 0 spiro atoms. The maximum absolute atomic E-state index is 4.66. The van der Waals surface area contributed by atoms with Crippen LogP contribution in [-0.2, 0) is 12.8 Å². The molecule has 0 aliphatic heterocycles. The van der Waals surface area contributed by atoms with E-state index < -0.39 is 0 Å². The van der Waals surface area contributed by atoms with E-state index in [2.05, 4.69) is 48.1 Å². The Labute approximate surface area is 172 Å². The summed E-state index contributed by atoms with van der Waals surface area (Å²) in [5.41, 5.74) is 3.77. The van der Waals surface area contributed by atoms with Gasteiger partial charge in [0.1, 0.15) is 5.82 Å². The maximum Gasteiger partial charge on any atom is 0.128 e. The average molecular weight is 379 g/mol. The second-order valence-electron chi connectivity index (χ2n) is 8.76. The van der Waals surface area contributed by atoms with Gasteiger partial charge in [0.15, 0.2) is 0 Å². The number of nitrogens with zero attached hydrogens (tertiary/aromatic N) is 2. The summed E-state index contributed by atoms with van der Waals surface area (Å²) in [6, 6.07) is 8.91. The Hall–Kier alpha value is -1.70. The Morgan fingerprint density at radius 1 is 0.714 bits per heavy atom. The molecule has 0 unspecified atom stereocenters. The summed E-state index contributed by atoms with van der Waals surface area (Å²) in [5.74, 6) is 2.90. The van der Waals surface area contributed by atoms with Crippen molar-refractivity contribution in [2.75, 3.05) is 0 Å². The predicted molar refractivity (Wildman–Crippen MR) is 119 cm³/mol. The van der Waals surface area contributed by atoms with Gasteiger partial charge >= 0.3 is 0 Å². The SMILES string of the molecule is CCCCc1ccc(-c2cnc(CCC3CCC(CCCC)CC3)nc2)cc1. The molecule has 1 aliphatic rings. The number of rotatable bonds is 10. The highest BCUT2D eigenvalue weighted by Crippen LogP contribution is 2.34. The molecule has 2 heteroatoms. The van der Waals surface area contributed by atoms with Crippen LogP contribution in [0.3, 0.4) is 0 Å². The smallest absolute Gasteiger partial charge is 0.128 e. The molecule has 2 aromatic rings. The summed E-state index contributed by atoms with van der Waals surface area (Å²) in [7, 11) is 0. The summed E-state index contributed by atoms with van der Waals surface area (Å²) in [4.78, 5) is 9.31. The first-order valence-electron chi connectivity index (χ1n) is 11.7. The van der Waals surface area contributed by atoms with Crippen molar-refractivity contribution >= 4 is 0 Å². The minimum Gasteiger partial charge on any atom is -0.241 e. The van der Waals surface area contributed by atoms with Crippen LogP contribution in [0.25, 0.3) is 11.1 Å². The van der Waals surface area contributed by atoms with E-state index in [1.165, 1.54) is 81.8 Å².